The Morgan fingerprint density at radius 3 is 2.83 bits per heavy atom. The highest BCUT2D eigenvalue weighted by Crippen LogP contribution is 2.26. The lowest BCUT2D eigenvalue weighted by Gasteiger charge is -2.16. The molecular weight excluding hydrogens is 326 g/mol. The smallest absolute Gasteiger partial charge is 0.326 e. The van der Waals surface area contributed by atoms with E-state index in [2.05, 4.69) is 15.3 Å². The molecular formula is C17H17N3O3S. The zero-order valence-electron chi connectivity index (χ0n) is 13.1. The summed E-state index contributed by atoms with van der Waals surface area (Å²) in [5.74, 6) is 1.32. The van der Waals surface area contributed by atoms with Gasteiger partial charge < -0.3 is 14.8 Å². The first-order valence-corrected chi connectivity index (χ1v) is 8.87. The number of hydrogen-bond donors (Lipinski definition) is 2. The fraction of sp³-hybridized carbons (Fsp3) is 0.235. The van der Waals surface area contributed by atoms with Gasteiger partial charge in [-0.1, -0.05) is 12.1 Å². The van der Waals surface area contributed by atoms with Crippen molar-refractivity contribution in [3.8, 4) is 11.6 Å². The lowest BCUT2D eigenvalue weighted by molar-refractivity contribution is -0.137. The maximum atomic E-state index is 11.5. The van der Waals surface area contributed by atoms with Crippen molar-refractivity contribution in [3.05, 3.63) is 42.7 Å². The number of nitrogens with zero attached hydrogens (tertiary/aromatic N) is 2. The Bertz CT molecular complexity index is 836. The molecule has 0 radical (unpaired) electrons. The van der Waals surface area contributed by atoms with E-state index >= 15 is 0 Å². The first kappa shape index (κ1) is 16.3. The first-order valence-electron chi connectivity index (χ1n) is 7.48. The molecule has 0 amide bonds. The molecule has 3 rings (SSSR count). The van der Waals surface area contributed by atoms with Crippen molar-refractivity contribution in [2.45, 2.75) is 12.5 Å². The van der Waals surface area contributed by atoms with E-state index in [1.54, 1.807) is 30.2 Å². The normalized spacial score (nSPS) is 12.2. The first-order chi connectivity index (χ1) is 11.7. The van der Waals surface area contributed by atoms with Crippen LogP contribution in [0.1, 0.15) is 6.42 Å². The van der Waals surface area contributed by atoms with Gasteiger partial charge in [-0.3, -0.25) is 0 Å². The number of aromatic nitrogens is 2. The third-order valence-electron chi connectivity index (χ3n) is 3.56. The number of rotatable bonds is 7. The minimum Gasteiger partial charge on any atom is -0.480 e. The zero-order chi connectivity index (χ0) is 16.9. The summed E-state index contributed by atoms with van der Waals surface area (Å²) in [7, 11) is 0. The van der Waals surface area contributed by atoms with E-state index in [0.29, 0.717) is 23.8 Å². The molecule has 24 heavy (non-hydrogen) atoms. The van der Waals surface area contributed by atoms with Crippen LogP contribution in [-0.2, 0) is 4.79 Å². The van der Waals surface area contributed by atoms with E-state index in [1.807, 2.05) is 30.5 Å². The van der Waals surface area contributed by atoms with Crippen molar-refractivity contribution in [3.63, 3.8) is 0 Å². The molecule has 0 bridgehead atoms. The Hall–Kier alpha value is -2.54. The van der Waals surface area contributed by atoms with E-state index < -0.39 is 12.0 Å². The Morgan fingerprint density at radius 2 is 2.12 bits per heavy atom. The maximum absolute atomic E-state index is 11.5. The Balaban J connectivity index is 2.03. The maximum Gasteiger partial charge on any atom is 0.326 e. The van der Waals surface area contributed by atoms with Crippen LogP contribution in [0.4, 0.5) is 5.82 Å². The van der Waals surface area contributed by atoms with Crippen LogP contribution in [0.3, 0.4) is 0 Å². The largest absolute Gasteiger partial charge is 0.480 e. The minimum atomic E-state index is -0.897. The molecule has 1 unspecified atom stereocenters. The number of carboxylic acids is 1. The van der Waals surface area contributed by atoms with Crippen LogP contribution < -0.4 is 5.32 Å². The second kappa shape index (κ2) is 7.35. The summed E-state index contributed by atoms with van der Waals surface area (Å²) in [6.07, 6.45) is 4.01. The highest BCUT2D eigenvalue weighted by molar-refractivity contribution is 7.98. The number of benzene rings is 1. The molecule has 0 spiro atoms. The lowest BCUT2D eigenvalue weighted by Crippen LogP contribution is -2.30. The van der Waals surface area contributed by atoms with Gasteiger partial charge in [0.25, 0.3) is 0 Å². The third kappa shape index (κ3) is 3.51. The van der Waals surface area contributed by atoms with Gasteiger partial charge in [0.1, 0.15) is 11.9 Å². The number of nitrogens with one attached hydrogen (secondary N) is 1. The van der Waals surface area contributed by atoms with E-state index in [4.69, 9.17) is 4.42 Å². The Morgan fingerprint density at radius 1 is 1.29 bits per heavy atom. The van der Waals surface area contributed by atoms with Gasteiger partial charge >= 0.3 is 5.97 Å². The predicted molar refractivity (Wildman–Crippen MR) is 95.3 cm³/mol. The fourth-order valence-corrected chi connectivity index (χ4v) is 2.83. The summed E-state index contributed by atoms with van der Waals surface area (Å²) < 4.78 is 5.37. The summed E-state index contributed by atoms with van der Waals surface area (Å²) in [4.78, 5) is 20.5. The van der Waals surface area contributed by atoms with Crippen LogP contribution in [0.25, 0.3) is 22.5 Å². The minimum absolute atomic E-state index is 0.426. The molecule has 2 heterocycles. The van der Waals surface area contributed by atoms with Crippen molar-refractivity contribution < 1.29 is 14.3 Å². The average Bonchev–Trinajstić information content (AvgIpc) is 3.12. The highest BCUT2D eigenvalue weighted by atomic mass is 32.2. The van der Waals surface area contributed by atoms with Gasteiger partial charge in [-0.25, -0.2) is 14.8 Å². The molecule has 7 heteroatoms. The molecule has 3 aromatic rings. The molecule has 0 aliphatic rings. The SMILES string of the molecule is CSCCC(Nc1nc(-c2ccco2)nc2ccccc12)C(=O)O. The summed E-state index contributed by atoms with van der Waals surface area (Å²) in [6.45, 7) is 0. The van der Waals surface area contributed by atoms with Crippen LogP contribution in [0, 0.1) is 0 Å². The number of carboxylic acid groups (broad SMARTS) is 1. The number of thioether (sulfide) groups is 1. The zero-order valence-corrected chi connectivity index (χ0v) is 13.9. The average molecular weight is 343 g/mol. The van der Waals surface area contributed by atoms with Crippen molar-refractivity contribution in [1.29, 1.82) is 0 Å². The summed E-state index contributed by atoms with van der Waals surface area (Å²) in [5, 5.41) is 13.3. The summed E-state index contributed by atoms with van der Waals surface area (Å²) in [6, 6.07) is 10.3. The Labute approximate surface area is 143 Å². The summed E-state index contributed by atoms with van der Waals surface area (Å²) >= 11 is 1.61. The molecule has 0 fully saturated rings. The summed E-state index contributed by atoms with van der Waals surface area (Å²) in [5.41, 5.74) is 0.732. The quantitative estimate of drug-likeness (QED) is 0.678. The molecule has 0 saturated carbocycles. The van der Waals surface area contributed by atoms with Crippen LogP contribution in [0.5, 0.6) is 0 Å². The van der Waals surface area contributed by atoms with E-state index in [-0.39, 0.29) is 0 Å². The van der Waals surface area contributed by atoms with Crippen LogP contribution in [0.2, 0.25) is 0 Å². The van der Waals surface area contributed by atoms with E-state index in [1.165, 1.54) is 0 Å². The lowest BCUT2D eigenvalue weighted by atomic mass is 10.2. The number of hydrogen-bond acceptors (Lipinski definition) is 6. The van der Waals surface area contributed by atoms with E-state index in [0.717, 1.165) is 16.7 Å². The predicted octanol–water partition coefficient (Wildman–Crippen LogP) is 3.51. The number of anilines is 1. The van der Waals surface area contributed by atoms with Gasteiger partial charge in [0.05, 0.1) is 11.8 Å². The second-order valence-corrected chi connectivity index (χ2v) is 6.19. The van der Waals surface area contributed by atoms with Crippen LogP contribution >= 0.6 is 11.8 Å². The number of carbonyl (C=O) groups is 1. The Kier molecular flexibility index (Phi) is 5.00. The number of aliphatic carboxylic acids is 1. The number of fused-ring (bicyclic) bond motifs is 1. The monoisotopic (exact) mass is 343 g/mol. The van der Waals surface area contributed by atoms with Crippen molar-refractivity contribution in [2.75, 3.05) is 17.3 Å². The number of furan rings is 1. The molecule has 6 nitrogen and oxygen atoms in total. The van der Waals surface area contributed by atoms with Gasteiger partial charge in [-0.05, 0) is 42.7 Å². The topological polar surface area (TPSA) is 88.3 Å². The fourth-order valence-electron chi connectivity index (χ4n) is 2.36. The van der Waals surface area contributed by atoms with Gasteiger partial charge in [-0.15, -0.1) is 0 Å². The van der Waals surface area contributed by atoms with Crippen molar-refractivity contribution in [1.82, 2.24) is 9.97 Å². The highest BCUT2D eigenvalue weighted by Gasteiger charge is 2.20. The van der Waals surface area contributed by atoms with Crippen LogP contribution in [0.15, 0.2) is 47.1 Å². The third-order valence-corrected chi connectivity index (χ3v) is 4.21. The van der Waals surface area contributed by atoms with Gasteiger partial charge in [-0.2, -0.15) is 11.8 Å². The molecule has 124 valence electrons. The van der Waals surface area contributed by atoms with E-state index in [9.17, 15) is 9.90 Å². The molecule has 0 aliphatic heterocycles. The van der Waals surface area contributed by atoms with Gasteiger partial charge in [0, 0.05) is 5.39 Å². The molecule has 2 aromatic heterocycles. The molecule has 1 aromatic carbocycles. The van der Waals surface area contributed by atoms with Gasteiger partial charge in [0.15, 0.2) is 11.6 Å². The number of para-hydroxylation sites is 1. The van der Waals surface area contributed by atoms with Crippen molar-refractivity contribution in [2.24, 2.45) is 0 Å². The standard InChI is InChI=1S/C17H17N3O3S/c1-24-10-8-13(17(21)22)19-15-11-5-2-3-6-12(11)18-16(20-15)14-7-4-9-23-14/h2-7,9,13H,8,10H2,1H3,(H,21,22)(H,18,19,20). The van der Waals surface area contributed by atoms with Gasteiger partial charge in [0.2, 0.25) is 0 Å². The second-order valence-electron chi connectivity index (χ2n) is 5.21. The molecule has 2 N–H and O–H groups in total. The molecule has 1 atom stereocenters. The van der Waals surface area contributed by atoms with Crippen molar-refractivity contribution >= 4 is 34.5 Å². The van der Waals surface area contributed by atoms with Crippen LogP contribution in [-0.4, -0.2) is 39.1 Å². The molecule has 0 saturated heterocycles. The molecule has 0 aliphatic carbocycles.